The minimum absolute atomic E-state index is 0.423. The number of anilines is 2. The van der Waals surface area contributed by atoms with Crippen LogP contribution < -0.4 is 10.5 Å². The molecule has 0 aliphatic heterocycles. The summed E-state index contributed by atoms with van der Waals surface area (Å²) in [6.45, 7) is 1.91. The molecule has 3 N–H and O–H groups in total. The Hall–Kier alpha value is -2.87. The molecule has 3 rings (SSSR count). The Morgan fingerprint density at radius 3 is 2.58 bits per heavy atom. The van der Waals surface area contributed by atoms with Gasteiger partial charge in [-0.05, 0) is 42.8 Å². The van der Waals surface area contributed by atoms with Gasteiger partial charge in [-0.15, -0.1) is 0 Å². The maximum Gasteiger partial charge on any atom is 0.229 e. The molecule has 3 aromatic rings. The second-order valence-corrected chi connectivity index (χ2v) is 7.21. The van der Waals surface area contributed by atoms with Gasteiger partial charge in [0.25, 0.3) is 0 Å². The third-order valence-corrected chi connectivity index (χ3v) is 4.05. The Morgan fingerprint density at radius 1 is 1.12 bits per heavy atom. The van der Waals surface area contributed by atoms with Gasteiger partial charge in [0, 0.05) is 29.8 Å². The van der Waals surface area contributed by atoms with Gasteiger partial charge in [0.1, 0.15) is 11.6 Å². The van der Waals surface area contributed by atoms with Crippen molar-refractivity contribution in [3.8, 4) is 17.1 Å². The van der Waals surface area contributed by atoms with Crippen LogP contribution in [-0.4, -0.2) is 29.2 Å². The van der Waals surface area contributed by atoms with E-state index in [0.29, 0.717) is 11.5 Å². The van der Waals surface area contributed by atoms with Crippen LogP contribution in [-0.2, 0) is 10.0 Å². The summed E-state index contributed by atoms with van der Waals surface area (Å²) < 4.78 is 27.1. The highest BCUT2D eigenvalue weighted by atomic mass is 32.2. The maximum atomic E-state index is 11.4. The molecule has 24 heavy (non-hydrogen) atoms. The first-order valence-corrected chi connectivity index (χ1v) is 9.07. The van der Waals surface area contributed by atoms with Gasteiger partial charge < -0.3 is 5.73 Å². The topological polar surface area (TPSA) is 103 Å². The van der Waals surface area contributed by atoms with Crippen LogP contribution in [0, 0.1) is 6.92 Å². The van der Waals surface area contributed by atoms with Gasteiger partial charge in [0.2, 0.25) is 10.0 Å². The summed E-state index contributed by atoms with van der Waals surface area (Å²) in [6, 6.07) is 8.94. The van der Waals surface area contributed by atoms with E-state index in [1.54, 1.807) is 30.6 Å². The predicted molar refractivity (Wildman–Crippen MR) is 94.4 cm³/mol. The normalized spacial score (nSPS) is 11.4. The van der Waals surface area contributed by atoms with Crippen LogP contribution >= 0.6 is 0 Å². The summed E-state index contributed by atoms with van der Waals surface area (Å²) >= 11 is 0. The van der Waals surface area contributed by atoms with Crippen molar-refractivity contribution in [2.45, 2.75) is 6.92 Å². The average Bonchev–Trinajstić information content (AvgIpc) is 2.95. The Labute approximate surface area is 140 Å². The van der Waals surface area contributed by atoms with Crippen molar-refractivity contribution in [3.05, 3.63) is 54.5 Å². The quantitative estimate of drug-likeness (QED) is 0.756. The van der Waals surface area contributed by atoms with Crippen molar-refractivity contribution in [2.24, 2.45) is 0 Å². The molecule has 124 valence electrons. The number of hydrogen-bond donors (Lipinski definition) is 2. The summed E-state index contributed by atoms with van der Waals surface area (Å²) in [5.74, 6) is 1.16. The molecule has 2 heterocycles. The molecule has 1 aromatic carbocycles. The van der Waals surface area contributed by atoms with Crippen molar-refractivity contribution in [2.75, 3.05) is 16.7 Å². The predicted octanol–water partition coefficient (Wildman–Crippen LogP) is 2.20. The van der Waals surface area contributed by atoms with E-state index in [2.05, 4.69) is 14.7 Å². The number of sulfonamides is 1. The molecule has 0 aliphatic carbocycles. The Balaban J connectivity index is 2.04. The molecule has 0 unspecified atom stereocenters. The average molecular weight is 343 g/mol. The van der Waals surface area contributed by atoms with Crippen LogP contribution in [0.1, 0.15) is 5.56 Å². The Kier molecular flexibility index (Phi) is 3.98. The highest BCUT2D eigenvalue weighted by Crippen LogP contribution is 2.26. The summed E-state index contributed by atoms with van der Waals surface area (Å²) in [4.78, 5) is 8.39. The van der Waals surface area contributed by atoms with Crippen LogP contribution in [0.5, 0.6) is 0 Å². The molecular weight excluding hydrogens is 326 g/mol. The number of nitrogens with two attached hydrogens (primary N) is 1. The van der Waals surface area contributed by atoms with Gasteiger partial charge in [-0.1, -0.05) is 0 Å². The molecule has 8 heteroatoms. The van der Waals surface area contributed by atoms with Gasteiger partial charge in [0.05, 0.1) is 11.9 Å². The van der Waals surface area contributed by atoms with Crippen molar-refractivity contribution in [1.29, 1.82) is 0 Å². The lowest BCUT2D eigenvalue weighted by Gasteiger charge is -2.13. The lowest BCUT2D eigenvalue weighted by molar-refractivity contribution is 0.607. The minimum Gasteiger partial charge on any atom is -0.384 e. The Bertz CT molecular complexity index is 995. The zero-order valence-corrected chi connectivity index (χ0v) is 14.1. The fourth-order valence-corrected chi connectivity index (χ4v) is 3.06. The standard InChI is InChI=1S/C16H17N5O2S/c1-11-9-13(20-24(2,22)23)3-4-14(11)21-8-7-19-16(21)12-5-6-18-15(17)10-12/h3-10,20H,1-2H3,(H2,17,18). The molecule has 2 aromatic heterocycles. The van der Waals surface area contributed by atoms with E-state index >= 15 is 0 Å². The molecule has 0 atom stereocenters. The van der Waals surface area contributed by atoms with Gasteiger partial charge in [0.15, 0.2) is 0 Å². The number of nitrogens with one attached hydrogen (secondary N) is 1. The molecule has 7 nitrogen and oxygen atoms in total. The number of nitrogen functional groups attached to an aromatic ring is 1. The van der Waals surface area contributed by atoms with E-state index in [9.17, 15) is 8.42 Å². The van der Waals surface area contributed by atoms with Crippen LogP contribution in [0.25, 0.3) is 17.1 Å². The van der Waals surface area contributed by atoms with Crippen LogP contribution in [0.4, 0.5) is 11.5 Å². The molecule has 0 bridgehead atoms. The lowest BCUT2D eigenvalue weighted by Crippen LogP contribution is -2.10. The molecule has 0 spiro atoms. The number of benzene rings is 1. The number of hydrogen-bond acceptors (Lipinski definition) is 5. The van der Waals surface area contributed by atoms with E-state index < -0.39 is 10.0 Å². The second kappa shape index (κ2) is 5.97. The van der Waals surface area contributed by atoms with Gasteiger partial charge in [-0.3, -0.25) is 9.29 Å². The van der Waals surface area contributed by atoms with Crippen LogP contribution in [0.3, 0.4) is 0 Å². The summed E-state index contributed by atoms with van der Waals surface area (Å²) in [5.41, 5.74) is 8.93. The number of nitrogens with zero attached hydrogens (tertiary/aromatic N) is 3. The number of pyridine rings is 1. The van der Waals surface area contributed by atoms with E-state index in [-0.39, 0.29) is 0 Å². The molecule has 0 saturated heterocycles. The van der Waals surface area contributed by atoms with E-state index in [0.717, 1.165) is 28.9 Å². The third-order valence-electron chi connectivity index (χ3n) is 3.44. The van der Waals surface area contributed by atoms with E-state index in [1.165, 1.54) is 0 Å². The van der Waals surface area contributed by atoms with Crippen molar-refractivity contribution in [1.82, 2.24) is 14.5 Å². The zero-order valence-electron chi connectivity index (χ0n) is 13.3. The van der Waals surface area contributed by atoms with Crippen molar-refractivity contribution in [3.63, 3.8) is 0 Å². The molecular formula is C16H17N5O2S. The fraction of sp³-hybridized carbons (Fsp3) is 0.125. The SMILES string of the molecule is Cc1cc(NS(C)(=O)=O)ccc1-n1ccnc1-c1ccnc(N)c1. The van der Waals surface area contributed by atoms with Gasteiger partial charge >= 0.3 is 0 Å². The number of imidazole rings is 1. The number of aromatic nitrogens is 3. The molecule has 0 saturated carbocycles. The number of rotatable bonds is 4. The summed E-state index contributed by atoms with van der Waals surface area (Å²) in [6.07, 6.45) is 6.31. The largest absolute Gasteiger partial charge is 0.384 e. The molecule has 0 aliphatic rings. The smallest absolute Gasteiger partial charge is 0.229 e. The molecule has 0 fully saturated rings. The zero-order chi connectivity index (χ0) is 17.3. The highest BCUT2D eigenvalue weighted by molar-refractivity contribution is 7.92. The fourth-order valence-electron chi connectivity index (χ4n) is 2.50. The highest BCUT2D eigenvalue weighted by Gasteiger charge is 2.11. The molecule has 0 radical (unpaired) electrons. The molecule has 0 amide bonds. The van der Waals surface area contributed by atoms with Crippen molar-refractivity contribution < 1.29 is 8.42 Å². The van der Waals surface area contributed by atoms with Crippen LogP contribution in [0.15, 0.2) is 48.9 Å². The summed E-state index contributed by atoms with van der Waals surface area (Å²) in [5, 5.41) is 0. The first-order chi connectivity index (χ1) is 11.3. The van der Waals surface area contributed by atoms with Gasteiger partial charge in [-0.25, -0.2) is 18.4 Å². The summed E-state index contributed by atoms with van der Waals surface area (Å²) in [7, 11) is -3.31. The monoisotopic (exact) mass is 343 g/mol. The first-order valence-electron chi connectivity index (χ1n) is 7.17. The second-order valence-electron chi connectivity index (χ2n) is 5.47. The van der Waals surface area contributed by atoms with Gasteiger partial charge in [-0.2, -0.15) is 0 Å². The lowest BCUT2D eigenvalue weighted by atomic mass is 10.1. The van der Waals surface area contributed by atoms with E-state index in [4.69, 9.17) is 5.73 Å². The third kappa shape index (κ3) is 3.38. The minimum atomic E-state index is -3.31. The van der Waals surface area contributed by atoms with E-state index in [1.807, 2.05) is 29.8 Å². The Morgan fingerprint density at radius 2 is 1.92 bits per heavy atom. The maximum absolute atomic E-state index is 11.4. The number of aryl methyl sites for hydroxylation is 1. The first kappa shape index (κ1) is 16.0. The van der Waals surface area contributed by atoms with Crippen molar-refractivity contribution >= 4 is 21.5 Å². The van der Waals surface area contributed by atoms with Crippen LogP contribution in [0.2, 0.25) is 0 Å².